The second-order valence-electron chi connectivity index (χ2n) is 3.68. The molecule has 1 heterocycles. The van der Waals surface area contributed by atoms with Crippen molar-refractivity contribution >= 4 is 5.91 Å². The number of carbonyl (C=O) groups is 1. The molecule has 17 heavy (non-hydrogen) atoms. The van der Waals surface area contributed by atoms with Gasteiger partial charge in [0.25, 0.3) is 0 Å². The molecule has 0 bridgehead atoms. The molecule has 0 aromatic rings. The minimum atomic E-state index is 0.0510. The van der Waals surface area contributed by atoms with Gasteiger partial charge >= 0.3 is 0 Å². The fraction of sp³-hybridized carbons (Fsp3) is 0.500. The lowest BCUT2D eigenvalue weighted by molar-refractivity contribution is -0.124. The smallest absolute Gasteiger partial charge is 0.234 e. The van der Waals surface area contributed by atoms with Crippen LogP contribution in [0.2, 0.25) is 0 Å². The number of hydrogen-bond acceptors (Lipinski definition) is 4. The second kappa shape index (κ2) is 7.47. The topological polar surface area (TPSA) is 65.4 Å². The van der Waals surface area contributed by atoms with Gasteiger partial charge in [0.05, 0.1) is 19.0 Å². The van der Waals surface area contributed by atoms with E-state index < -0.39 is 0 Å². The van der Waals surface area contributed by atoms with E-state index in [2.05, 4.69) is 11.9 Å². The summed E-state index contributed by atoms with van der Waals surface area (Å²) in [5.74, 6) is 0.666. The van der Waals surface area contributed by atoms with Gasteiger partial charge in [0.2, 0.25) is 5.91 Å². The molecule has 1 N–H and O–H groups in total. The molecule has 0 atom stereocenters. The third-order valence-corrected chi connectivity index (χ3v) is 2.37. The molecule has 0 saturated carbocycles. The zero-order valence-corrected chi connectivity index (χ0v) is 9.82. The Morgan fingerprint density at radius 3 is 3.18 bits per heavy atom. The van der Waals surface area contributed by atoms with E-state index in [4.69, 9.17) is 10.00 Å². The van der Waals surface area contributed by atoms with Gasteiger partial charge in [0, 0.05) is 19.6 Å². The Balaban J connectivity index is 2.26. The Kier molecular flexibility index (Phi) is 5.83. The van der Waals surface area contributed by atoms with Crippen LogP contribution in [0.15, 0.2) is 24.5 Å². The lowest BCUT2D eigenvalue weighted by Gasteiger charge is -2.26. The SMILES string of the molecule is C=C/C=C(\CC#N)OCCN1CCNC(=O)C1. The first-order valence-corrected chi connectivity index (χ1v) is 5.56. The van der Waals surface area contributed by atoms with E-state index >= 15 is 0 Å². The molecule has 0 aromatic heterocycles. The summed E-state index contributed by atoms with van der Waals surface area (Å²) in [5.41, 5.74) is 0. The molecule has 92 valence electrons. The largest absolute Gasteiger partial charge is 0.496 e. The molecule has 0 unspecified atom stereocenters. The molecule has 5 heteroatoms. The average molecular weight is 235 g/mol. The van der Waals surface area contributed by atoms with Crippen molar-refractivity contribution in [2.24, 2.45) is 0 Å². The van der Waals surface area contributed by atoms with Crippen molar-refractivity contribution in [3.8, 4) is 6.07 Å². The first-order chi connectivity index (χ1) is 8.26. The van der Waals surface area contributed by atoms with Gasteiger partial charge in [-0.25, -0.2) is 0 Å². The lowest BCUT2D eigenvalue weighted by Crippen LogP contribution is -2.48. The number of allylic oxidation sites excluding steroid dienone is 3. The predicted octanol–water partition coefficient (Wildman–Crippen LogP) is 0.418. The van der Waals surface area contributed by atoms with Crippen molar-refractivity contribution in [3.05, 3.63) is 24.5 Å². The lowest BCUT2D eigenvalue weighted by atomic mass is 10.3. The minimum Gasteiger partial charge on any atom is -0.496 e. The number of carbonyl (C=O) groups excluding carboxylic acids is 1. The molecule has 0 radical (unpaired) electrons. The van der Waals surface area contributed by atoms with Crippen LogP contribution >= 0.6 is 0 Å². The van der Waals surface area contributed by atoms with Crippen molar-refractivity contribution in [1.82, 2.24) is 10.2 Å². The normalized spacial score (nSPS) is 17.1. The van der Waals surface area contributed by atoms with E-state index in [1.54, 1.807) is 12.2 Å². The Bertz CT molecular complexity index is 344. The fourth-order valence-electron chi connectivity index (χ4n) is 1.56. The standard InChI is InChI=1S/C12H17N3O2/c1-2-3-11(4-5-13)17-9-8-15-7-6-14-12(16)10-15/h2-3H,1,4,6-10H2,(H,14,16)/b11-3+. The molecule has 5 nitrogen and oxygen atoms in total. The summed E-state index contributed by atoms with van der Waals surface area (Å²) in [5, 5.41) is 11.3. The van der Waals surface area contributed by atoms with Gasteiger partial charge in [-0.2, -0.15) is 5.26 Å². The highest BCUT2D eigenvalue weighted by atomic mass is 16.5. The van der Waals surface area contributed by atoms with E-state index in [1.807, 2.05) is 11.0 Å². The maximum absolute atomic E-state index is 11.1. The van der Waals surface area contributed by atoms with Gasteiger partial charge in [-0.1, -0.05) is 12.7 Å². The van der Waals surface area contributed by atoms with E-state index in [9.17, 15) is 4.79 Å². The summed E-state index contributed by atoms with van der Waals surface area (Å²) in [6, 6.07) is 2.03. The van der Waals surface area contributed by atoms with E-state index in [0.717, 1.165) is 6.54 Å². The van der Waals surface area contributed by atoms with Crippen molar-refractivity contribution in [1.29, 1.82) is 5.26 Å². The Labute approximate surface area is 101 Å². The number of ether oxygens (including phenoxy) is 1. The highest BCUT2D eigenvalue weighted by molar-refractivity contribution is 5.78. The van der Waals surface area contributed by atoms with Crippen LogP contribution in [-0.4, -0.2) is 43.6 Å². The van der Waals surface area contributed by atoms with Gasteiger partial charge in [0.15, 0.2) is 0 Å². The summed E-state index contributed by atoms with van der Waals surface area (Å²) >= 11 is 0. The van der Waals surface area contributed by atoms with Crippen molar-refractivity contribution < 1.29 is 9.53 Å². The van der Waals surface area contributed by atoms with E-state index in [0.29, 0.717) is 32.0 Å². The van der Waals surface area contributed by atoms with Crippen LogP contribution < -0.4 is 5.32 Å². The molecular weight excluding hydrogens is 218 g/mol. The molecule has 0 aromatic carbocycles. The van der Waals surface area contributed by atoms with Crippen molar-refractivity contribution in [2.75, 3.05) is 32.8 Å². The number of amides is 1. The zero-order valence-electron chi connectivity index (χ0n) is 9.82. The molecule has 1 amide bonds. The molecule has 1 fully saturated rings. The number of hydrogen-bond donors (Lipinski definition) is 1. The number of nitrogens with zero attached hydrogens (tertiary/aromatic N) is 2. The van der Waals surface area contributed by atoms with E-state index in [1.165, 1.54) is 0 Å². The molecule has 1 rings (SSSR count). The molecule has 0 aliphatic carbocycles. The van der Waals surface area contributed by atoms with Crippen LogP contribution in [0.1, 0.15) is 6.42 Å². The summed E-state index contributed by atoms with van der Waals surface area (Å²) < 4.78 is 5.45. The second-order valence-corrected chi connectivity index (χ2v) is 3.68. The van der Waals surface area contributed by atoms with Crippen LogP contribution in [0, 0.1) is 11.3 Å². The number of nitriles is 1. The highest BCUT2D eigenvalue weighted by Gasteiger charge is 2.15. The molecule has 1 saturated heterocycles. The molecular formula is C12H17N3O2. The Morgan fingerprint density at radius 1 is 1.71 bits per heavy atom. The van der Waals surface area contributed by atoms with Gasteiger partial charge in [-0.15, -0.1) is 0 Å². The monoisotopic (exact) mass is 235 g/mol. The number of piperazine rings is 1. The first kappa shape index (κ1) is 13.3. The van der Waals surface area contributed by atoms with Gasteiger partial charge in [-0.05, 0) is 6.08 Å². The predicted molar refractivity (Wildman–Crippen MR) is 63.9 cm³/mol. The van der Waals surface area contributed by atoms with Crippen LogP contribution in [0.25, 0.3) is 0 Å². The summed E-state index contributed by atoms with van der Waals surface area (Å²) in [6.07, 6.45) is 3.53. The minimum absolute atomic E-state index is 0.0510. The summed E-state index contributed by atoms with van der Waals surface area (Å²) in [7, 11) is 0. The van der Waals surface area contributed by atoms with Crippen LogP contribution in [0.5, 0.6) is 0 Å². The number of nitrogens with one attached hydrogen (secondary N) is 1. The third kappa shape index (κ3) is 5.18. The zero-order chi connectivity index (χ0) is 12.5. The van der Waals surface area contributed by atoms with Crippen LogP contribution in [-0.2, 0) is 9.53 Å². The number of rotatable bonds is 6. The van der Waals surface area contributed by atoms with Gasteiger partial charge in [-0.3, -0.25) is 9.69 Å². The average Bonchev–Trinajstić information content (AvgIpc) is 2.30. The van der Waals surface area contributed by atoms with Crippen LogP contribution in [0.3, 0.4) is 0 Å². The van der Waals surface area contributed by atoms with Gasteiger partial charge < -0.3 is 10.1 Å². The summed E-state index contributed by atoms with van der Waals surface area (Å²) in [6.45, 7) is 6.68. The maximum atomic E-state index is 11.1. The molecule has 1 aliphatic rings. The fourth-order valence-corrected chi connectivity index (χ4v) is 1.56. The Morgan fingerprint density at radius 2 is 2.53 bits per heavy atom. The Hall–Kier alpha value is -1.80. The van der Waals surface area contributed by atoms with Gasteiger partial charge in [0.1, 0.15) is 12.4 Å². The van der Waals surface area contributed by atoms with Crippen LogP contribution in [0.4, 0.5) is 0 Å². The maximum Gasteiger partial charge on any atom is 0.234 e. The van der Waals surface area contributed by atoms with E-state index in [-0.39, 0.29) is 12.3 Å². The highest BCUT2D eigenvalue weighted by Crippen LogP contribution is 2.03. The molecule has 0 spiro atoms. The molecule has 1 aliphatic heterocycles. The van der Waals surface area contributed by atoms with Crippen molar-refractivity contribution in [2.45, 2.75) is 6.42 Å². The third-order valence-electron chi connectivity index (χ3n) is 2.37. The first-order valence-electron chi connectivity index (χ1n) is 5.56. The quantitative estimate of drug-likeness (QED) is 0.535. The van der Waals surface area contributed by atoms with Crippen molar-refractivity contribution in [3.63, 3.8) is 0 Å². The summed E-state index contributed by atoms with van der Waals surface area (Å²) in [4.78, 5) is 13.1.